The number of hydrogen-bond donors (Lipinski definition) is 1. The number of sulfone groups is 1. The number of nitrogens with zero attached hydrogens (tertiary/aromatic N) is 1. The van der Waals surface area contributed by atoms with E-state index in [9.17, 15) is 16.8 Å². The van der Waals surface area contributed by atoms with Gasteiger partial charge in [-0.15, -0.1) is 12.4 Å². The Kier molecular flexibility index (Phi) is 6.95. The molecular formula is C20H23ClN2O4S2. The molecule has 0 saturated heterocycles. The molecule has 0 aliphatic heterocycles. The Balaban J connectivity index is 0.00000300. The van der Waals surface area contributed by atoms with Crippen LogP contribution in [0.25, 0.3) is 11.3 Å². The number of halogens is 1. The molecule has 0 bridgehead atoms. The standard InChI is InChI=1S/C20H22N2O4S2.ClH/c1-15-7-4-5-10-19(15)20-11-16(13-21-2)14-22(20)28(25,26)18-9-6-8-17(12-18)27(3,23)24;/h4-12,14,21H,13H2,1-3H3;1H. The van der Waals surface area contributed by atoms with Crippen molar-refractivity contribution < 1.29 is 16.8 Å². The molecule has 6 nitrogen and oxygen atoms in total. The summed E-state index contributed by atoms with van der Waals surface area (Å²) < 4.78 is 51.7. The van der Waals surface area contributed by atoms with E-state index in [4.69, 9.17) is 0 Å². The lowest BCUT2D eigenvalue weighted by Crippen LogP contribution is -2.14. The van der Waals surface area contributed by atoms with Crippen LogP contribution in [-0.4, -0.2) is 34.1 Å². The van der Waals surface area contributed by atoms with Crippen LogP contribution in [0.2, 0.25) is 0 Å². The molecule has 0 amide bonds. The fourth-order valence-corrected chi connectivity index (χ4v) is 5.21. The minimum absolute atomic E-state index is 0. The summed E-state index contributed by atoms with van der Waals surface area (Å²) in [6, 6.07) is 14.8. The van der Waals surface area contributed by atoms with Crippen LogP contribution >= 0.6 is 12.4 Å². The Bertz CT molecular complexity index is 1230. The van der Waals surface area contributed by atoms with Crippen LogP contribution in [0.15, 0.2) is 70.6 Å². The van der Waals surface area contributed by atoms with Gasteiger partial charge < -0.3 is 5.32 Å². The summed E-state index contributed by atoms with van der Waals surface area (Å²) in [4.78, 5) is -0.106. The topological polar surface area (TPSA) is 85.2 Å². The molecule has 0 saturated carbocycles. The van der Waals surface area contributed by atoms with Crippen molar-refractivity contribution in [2.45, 2.75) is 23.3 Å². The molecule has 2 aromatic carbocycles. The minimum Gasteiger partial charge on any atom is -0.316 e. The molecule has 3 aromatic rings. The van der Waals surface area contributed by atoms with E-state index in [0.717, 1.165) is 22.9 Å². The van der Waals surface area contributed by atoms with Gasteiger partial charge in [-0.3, -0.25) is 0 Å². The average molecular weight is 455 g/mol. The zero-order valence-corrected chi connectivity index (χ0v) is 18.7. The lowest BCUT2D eigenvalue weighted by Gasteiger charge is -2.13. The Morgan fingerprint density at radius 1 is 0.931 bits per heavy atom. The summed E-state index contributed by atoms with van der Waals surface area (Å²) >= 11 is 0. The van der Waals surface area contributed by atoms with Crippen LogP contribution in [0.1, 0.15) is 11.1 Å². The Morgan fingerprint density at radius 2 is 1.59 bits per heavy atom. The smallest absolute Gasteiger partial charge is 0.268 e. The summed E-state index contributed by atoms with van der Waals surface area (Å²) in [5, 5.41) is 3.02. The zero-order chi connectivity index (χ0) is 20.5. The second-order valence-corrected chi connectivity index (χ2v) is 10.5. The largest absolute Gasteiger partial charge is 0.316 e. The molecule has 9 heteroatoms. The first-order valence-corrected chi connectivity index (χ1v) is 12.0. The van der Waals surface area contributed by atoms with Crippen molar-refractivity contribution in [1.29, 1.82) is 0 Å². The van der Waals surface area contributed by atoms with E-state index in [0.29, 0.717) is 12.2 Å². The molecule has 0 radical (unpaired) electrons. The van der Waals surface area contributed by atoms with Gasteiger partial charge in [0.05, 0.1) is 15.5 Å². The second-order valence-electron chi connectivity index (χ2n) is 6.63. The van der Waals surface area contributed by atoms with Crippen molar-refractivity contribution in [3.8, 4) is 11.3 Å². The first-order valence-electron chi connectivity index (χ1n) is 8.62. The third-order valence-electron chi connectivity index (χ3n) is 4.44. The number of rotatable bonds is 6. The molecule has 156 valence electrons. The maximum Gasteiger partial charge on any atom is 0.268 e. The third kappa shape index (κ3) is 4.72. The summed E-state index contributed by atoms with van der Waals surface area (Å²) in [6.07, 6.45) is 2.62. The highest BCUT2D eigenvalue weighted by Crippen LogP contribution is 2.30. The first-order chi connectivity index (χ1) is 13.1. The van der Waals surface area contributed by atoms with E-state index < -0.39 is 19.9 Å². The molecular weight excluding hydrogens is 432 g/mol. The number of aromatic nitrogens is 1. The fraction of sp³-hybridized carbons (Fsp3) is 0.200. The van der Waals surface area contributed by atoms with Gasteiger partial charge in [-0.05, 0) is 49.4 Å². The van der Waals surface area contributed by atoms with Gasteiger partial charge >= 0.3 is 0 Å². The normalized spacial score (nSPS) is 11.8. The van der Waals surface area contributed by atoms with Crippen molar-refractivity contribution in [1.82, 2.24) is 9.29 Å². The molecule has 0 aliphatic carbocycles. The Morgan fingerprint density at radius 3 is 2.21 bits per heavy atom. The fourth-order valence-electron chi connectivity index (χ4n) is 3.03. The number of hydrogen-bond acceptors (Lipinski definition) is 5. The van der Waals surface area contributed by atoms with Crippen LogP contribution < -0.4 is 5.32 Å². The van der Waals surface area contributed by atoms with Crippen molar-refractivity contribution in [3.63, 3.8) is 0 Å². The monoisotopic (exact) mass is 454 g/mol. The number of benzene rings is 2. The maximum absolute atomic E-state index is 13.4. The highest BCUT2D eigenvalue weighted by Gasteiger charge is 2.23. The van der Waals surface area contributed by atoms with E-state index >= 15 is 0 Å². The second kappa shape index (κ2) is 8.71. The summed E-state index contributed by atoms with van der Waals surface area (Å²) in [6.45, 7) is 2.42. The predicted octanol–water partition coefficient (Wildman–Crippen LogP) is 3.25. The quantitative estimate of drug-likeness (QED) is 0.618. The van der Waals surface area contributed by atoms with Gasteiger partial charge in [0.25, 0.3) is 10.0 Å². The Hall–Kier alpha value is -2.13. The molecule has 0 spiro atoms. The van der Waals surface area contributed by atoms with E-state index in [-0.39, 0.29) is 22.2 Å². The summed E-state index contributed by atoms with van der Waals surface area (Å²) in [7, 11) is -5.73. The summed E-state index contributed by atoms with van der Waals surface area (Å²) in [5.41, 5.74) is 3.09. The highest BCUT2D eigenvalue weighted by molar-refractivity contribution is 7.91. The molecule has 0 unspecified atom stereocenters. The average Bonchev–Trinajstić information content (AvgIpc) is 3.06. The van der Waals surface area contributed by atoms with Gasteiger partial charge in [0, 0.05) is 24.6 Å². The van der Waals surface area contributed by atoms with E-state index in [1.807, 2.05) is 37.3 Å². The van der Waals surface area contributed by atoms with Gasteiger partial charge in [-0.25, -0.2) is 20.8 Å². The van der Waals surface area contributed by atoms with Crippen LogP contribution in [0.5, 0.6) is 0 Å². The van der Waals surface area contributed by atoms with E-state index in [1.165, 1.54) is 28.2 Å². The van der Waals surface area contributed by atoms with Crippen molar-refractivity contribution in [2.24, 2.45) is 0 Å². The maximum atomic E-state index is 13.4. The zero-order valence-electron chi connectivity index (χ0n) is 16.3. The van der Waals surface area contributed by atoms with Gasteiger partial charge in [-0.1, -0.05) is 30.3 Å². The third-order valence-corrected chi connectivity index (χ3v) is 7.21. The number of aryl methyl sites for hydroxylation is 1. The van der Waals surface area contributed by atoms with Gasteiger partial charge in [0.1, 0.15) is 0 Å². The molecule has 29 heavy (non-hydrogen) atoms. The van der Waals surface area contributed by atoms with Crippen LogP contribution in [-0.2, 0) is 26.4 Å². The predicted molar refractivity (Wildman–Crippen MR) is 117 cm³/mol. The van der Waals surface area contributed by atoms with Gasteiger partial charge in [-0.2, -0.15) is 0 Å². The molecule has 1 aromatic heterocycles. The van der Waals surface area contributed by atoms with Crippen LogP contribution in [0.4, 0.5) is 0 Å². The van der Waals surface area contributed by atoms with Crippen LogP contribution in [0.3, 0.4) is 0 Å². The minimum atomic E-state index is -3.99. The van der Waals surface area contributed by atoms with Crippen molar-refractivity contribution in [2.75, 3.05) is 13.3 Å². The van der Waals surface area contributed by atoms with E-state index in [2.05, 4.69) is 5.32 Å². The number of nitrogens with one attached hydrogen (secondary N) is 1. The molecule has 3 rings (SSSR count). The van der Waals surface area contributed by atoms with Gasteiger partial charge in [0.2, 0.25) is 0 Å². The SMILES string of the molecule is CNCc1cc(-c2ccccc2C)n(S(=O)(=O)c2cccc(S(C)(=O)=O)c2)c1.Cl. The first kappa shape index (κ1) is 23.2. The van der Waals surface area contributed by atoms with Crippen molar-refractivity contribution >= 4 is 32.3 Å². The van der Waals surface area contributed by atoms with Crippen LogP contribution in [0, 0.1) is 6.92 Å². The molecule has 1 N–H and O–H groups in total. The molecule has 0 fully saturated rings. The van der Waals surface area contributed by atoms with E-state index in [1.54, 1.807) is 13.2 Å². The highest BCUT2D eigenvalue weighted by atomic mass is 35.5. The lowest BCUT2D eigenvalue weighted by molar-refractivity contribution is 0.587. The lowest BCUT2D eigenvalue weighted by atomic mass is 10.1. The molecule has 0 atom stereocenters. The molecule has 0 aliphatic rings. The molecule has 1 heterocycles. The van der Waals surface area contributed by atoms with Crippen molar-refractivity contribution in [3.05, 3.63) is 71.9 Å². The Labute approximate surface area is 178 Å². The summed E-state index contributed by atoms with van der Waals surface area (Å²) in [5.74, 6) is 0. The van der Waals surface area contributed by atoms with Gasteiger partial charge in [0.15, 0.2) is 9.84 Å².